The molecule has 1 atom stereocenters. The molecule has 22 heavy (non-hydrogen) atoms. The van der Waals surface area contributed by atoms with Crippen LogP contribution in [0.2, 0.25) is 0 Å². The number of carbonyl (C=O) groups excluding carboxylic acids is 1. The molecule has 0 bridgehead atoms. The van der Waals surface area contributed by atoms with Gasteiger partial charge in [-0.05, 0) is 13.3 Å². The lowest BCUT2D eigenvalue weighted by Crippen LogP contribution is -2.52. The van der Waals surface area contributed by atoms with Crippen molar-refractivity contribution in [3.05, 3.63) is 11.9 Å². The number of rotatable bonds is 5. The molecule has 1 saturated heterocycles. The summed E-state index contributed by atoms with van der Waals surface area (Å²) in [5, 5.41) is 19.9. The van der Waals surface area contributed by atoms with E-state index in [9.17, 15) is 9.59 Å². The minimum absolute atomic E-state index is 0. The Morgan fingerprint density at radius 1 is 1.55 bits per heavy atom. The second-order valence-corrected chi connectivity index (χ2v) is 4.76. The summed E-state index contributed by atoms with van der Waals surface area (Å²) in [4.78, 5) is 23.8. The van der Waals surface area contributed by atoms with Gasteiger partial charge in [0, 0.05) is 32.2 Å². The van der Waals surface area contributed by atoms with Gasteiger partial charge >= 0.3 is 12.1 Å². The molecule has 0 spiro atoms. The molecule has 1 amide bonds. The molecule has 10 heteroatoms. The molecule has 1 fully saturated rings. The molecule has 1 aliphatic heterocycles. The third kappa shape index (κ3) is 4.85. The molecule has 1 aromatic heterocycles. The van der Waals surface area contributed by atoms with E-state index in [4.69, 9.17) is 9.84 Å². The molecule has 1 aliphatic rings. The van der Waals surface area contributed by atoms with Crippen LogP contribution in [0.25, 0.3) is 0 Å². The van der Waals surface area contributed by atoms with E-state index in [1.54, 1.807) is 11.6 Å². The van der Waals surface area contributed by atoms with Crippen molar-refractivity contribution in [1.82, 2.24) is 25.2 Å². The molecule has 2 N–H and O–H groups in total. The number of amides is 1. The Bertz CT molecular complexity index is 509. The molecular formula is C12H20ClN5O4. The standard InChI is InChI=1S/C12H19N5O4.ClH/c1-2-21-11(18)10-8-17(15-14-10)5-3-9-7-16(12(19)20)6-4-13-9;/h8-9,13H,2-7H2,1H3,(H,19,20);1H/t9-;/m1./s1. The van der Waals surface area contributed by atoms with Crippen LogP contribution in [0.1, 0.15) is 23.8 Å². The van der Waals surface area contributed by atoms with Crippen molar-refractivity contribution in [2.45, 2.75) is 25.9 Å². The highest BCUT2D eigenvalue weighted by atomic mass is 35.5. The number of nitrogens with one attached hydrogen (secondary N) is 1. The lowest BCUT2D eigenvalue weighted by molar-refractivity contribution is 0.0519. The van der Waals surface area contributed by atoms with Crippen LogP contribution in [0.3, 0.4) is 0 Å². The average Bonchev–Trinajstić information content (AvgIpc) is 2.95. The summed E-state index contributed by atoms with van der Waals surface area (Å²) in [6, 6.07) is 0.0742. The molecule has 0 aromatic carbocycles. The zero-order chi connectivity index (χ0) is 15.2. The van der Waals surface area contributed by atoms with Gasteiger partial charge in [-0.25, -0.2) is 9.59 Å². The first-order valence-corrected chi connectivity index (χ1v) is 6.88. The van der Waals surface area contributed by atoms with E-state index < -0.39 is 12.1 Å². The Labute approximate surface area is 134 Å². The Balaban J connectivity index is 0.00000242. The number of hydrogen-bond donors (Lipinski definition) is 2. The Hall–Kier alpha value is -1.87. The summed E-state index contributed by atoms with van der Waals surface area (Å²) < 4.78 is 6.40. The summed E-state index contributed by atoms with van der Waals surface area (Å²) in [5.74, 6) is -0.489. The number of aromatic nitrogens is 3. The number of hydrogen-bond acceptors (Lipinski definition) is 6. The van der Waals surface area contributed by atoms with Crippen molar-refractivity contribution in [3.63, 3.8) is 0 Å². The van der Waals surface area contributed by atoms with Crippen molar-refractivity contribution in [2.24, 2.45) is 0 Å². The molecule has 1 aromatic rings. The van der Waals surface area contributed by atoms with Gasteiger partial charge in [-0.2, -0.15) is 0 Å². The molecule has 124 valence electrons. The largest absolute Gasteiger partial charge is 0.465 e. The number of nitrogens with zero attached hydrogens (tertiary/aromatic N) is 4. The first kappa shape index (κ1) is 18.2. The highest BCUT2D eigenvalue weighted by Crippen LogP contribution is 2.05. The zero-order valence-corrected chi connectivity index (χ0v) is 13.1. The van der Waals surface area contributed by atoms with Crippen LogP contribution < -0.4 is 5.32 Å². The van der Waals surface area contributed by atoms with Gasteiger partial charge in [-0.3, -0.25) is 4.68 Å². The molecule has 0 saturated carbocycles. The first-order valence-electron chi connectivity index (χ1n) is 6.88. The lowest BCUT2D eigenvalue weighted by Gasteiger charge is -2.31. The predicted octanol–water partition coefficient (Wildman–Crippen LogP) is 0.218. The molecular weight excluding hydrogens is 314 g/mol. The number of carbonyl (C=O) groups is 2. The van der Waals surface area contributed by atoms with Gasteiger partial charge in [0.2, 0.25) is 0 Å². The van der Waals surface area contributed by atoms with Crippen molar-refractivity contribution in [1.29, 1.82) is 0 Å². The van der Waals surface area contributed by atoms with E-state index in [0.717, 1.165) is 0 Å². The fraction of sp³-hybridized carbons (Fsp3) is 0.667. The molecule has 0 aliphatic carbocycles. The zero-order valence-electron chi connectivity index (χ0n) is 12.3. The lowest BCUT2D eigenvalue weighted by atomic mass is 10.1. The van der Waals surface area contributed by atoms with Crippen LogP contribution in [0.15, 0.2) is 6.20 Å². The first-order chi connectivity index (χ1) is 10.1. The van der Waals surface area contributed by atoms with E-state index >= 15 is 0 Å². The molecule has 0 unspecified atom stereocenters. The second kappa shape index (κ2) is 8.54. The van der Waals surface area contributed by atoms with Crippen LogP contribution in [0.5, 0.6) is 0 Å². The number of piperazine rings is 1. The quantitative estimate of drug-likeness (QED) is 0.741. The number of carboxylic acid groups (broad SMARTS) is 1. The van der Waals surface area contributed by atoms with Crippen molar-refractivity contribution >= 4 is 24.5 Å². The van der Waals surface area contributed by atoms with Crippen LogP contribution >= 0.6 is 12.4 Å². The number of aryl methyl sites for hydroxylation is 1. The van der Waals surface area contributed by atoms with E-state index in [2.05, 4.69) is 15.6 Å². The van der Waals surface area contributed by atoms with Gasteiger partial charge in [0.1, 0.15) is 0 Å². The maximum absolute atomic E-state index is 11.5. The van der Waals surface area contributed by atoms with Gasteiger partial charge in [0.25, 0.3) is 0 Å². The highest BCUT2D eigenvalue weighted by molar-refractivity contribution is 5.86. The van der Waals surface area contributed by atoms with Crippen LogP contribution in [-0.4, -0.2) is 69.3 Å². The maximum atomic E-state index is 11.5. The topological polar surface area (TPSA) is 110 Å². The Kier molecular flexibility index (Phi) is 7.06. The third-order valence-electron chi connectivity index (χ3n) is 3.26. The van der Waals surface area contributed by atoms with E-state index in [1.165, 1.54) is 11.1 Å². The minimum Gasteiger partial charge on any atom is -0.465 e. The summed E-state index contributed by atoms with van der Waals surface area (Å²) >= 11 is 0. The predicted molar refractivity (Wildman–Crippen MR) is 79.2 cm³/mol. The minimum atomic E-state index is -0.896. The highest BCUT2D eigenvalue weighted by Gasteiger charge is 2.22. The maximum Gasteiger partial charge on any atom is 0.407 e. The molecule has 9 nitrogen and oxygen atoms in total. The summed E-state index contributed by atoms with van der Waals surface area (Å²) in [6.45, 7) is 4.17. The fourth-order valence-electron chi connectivity index (χ4n) is 2.19. The van der Waals surface area contributed by atoms with E-state index in [1.807, 2.05) is 0 Å². The van der Waals surface area contributed by atoms with Gasteiger partial charge in [-0.1, -0.05) is 5.21 Å². The number of esters is 1. The van der Waals surface area contributed by atoms with Crippen LogP contribution in [-0.2, 0) is 11.3 Å². The van der Waals surface area contributed by atoms with Gasteiger partial charge in [0.15, 0.2) is 5.69 Å². The van der Waals surface area contributed by atoms with Gasteiger partial charge < -0.3 is 20.1 Å². The SMILES string of the molecule is CCOC(=O)c1cn(CC[C@@H]2CN(C(=O)O)CCN2)nn1.Cl. The van der Waals surface area contributed by atoms with Gasteiger partial charge in [-0.15, -0.1) is 17.5 Å². The number of ether oxygens (including phenoxy) is 1. The van der Waals surface area contributed by atoms with Crippen molar-refractivity contribution < 1.29 is 19.4 Å². The van der Waals surface area contributed by atoms with Gasteiger partial charge in [0.05, 0.1) is 12.8 Å². The fourth-order valence-corrected chi connectivity index (χ4v) is 2.19. The average molecular weight is 334 g/mol. The van der Waals surface area contributed by atoms with Crippen molar-refractivity contribution in [3.8, 4) is 0 Å². The molecule has 2 heterocycles. The second-order valence-electron chi connectivity index (χ2n) is 4.76. The summed E-state index contributed by atoms with van der Waals surface area (Å²) in [6.07, 6.45) is 1.34. The van der Waals surface area contributed by atoms with Crippen molar-refractivity contribution in [2.75, 3.05) is 26.2 Å². The van der Waals surface area contributed by atoms with Crippen LogP contribution in [0.4, 0.5) is 4.79 Å². The summed E-state index contributed by atoms with van der Waals surface area (Å²) in [5.41, 5.74) is 0.181. The van der Waals surface area contributed by atoms with Crippen LogP contribution in [0, 0.1) is 0 Å². The Morgan fingerprint density at radius 2 is 2.32 bits per heavy atom. The molecule has 0 radical (unpaired) electrons. The third-order valence-corrected chi connectivity index (χ3v) is 3.26. The normalized spacial score (nSPS) is 17.7. The van der Waals surface area contributed by atoms with E-state index in [-0.39, 0.29) is 24.1 Å². The number of halogens is 1. The molecule has 2 rings (SSSR count). The monoisotopic (exact) mass is 333 g/mol. The smallest absolute Gasteiger partial charge is 0.407 e. The van der Waals surface area contributed by atoms with E-state index in [0.29, 0.717) is 39.2 Å². The summed E-state index contributed by atoms with van der Waals surface area (Å²) in [7, 11) is 0. The Morgan fingerprint density at radius 3 is 3.00 bits per heavy atom.